The molecule has 0 aliphatic heterocycles. The molecule has 7 nitrogen and oxygen atoms in total. The van der Waals surface area contributed by atoms with Crippen molar-refractivity contribution in [3.05, 3.63) is 72.7 Å². The van der Waals surface area contributed by atoms with E-state index < -0.39 is 0 Å². The van der Waals surface area contributed by atoms with Crippen molar-refractivity contribution in [3.63, 3.8) is 0 Å². The van der Waals surface area contributed by atoms with Crippen molar-refractivity contribution >= 4 is 17.9 Å². The molecule has 0 bridgehead atoms. The minimum Gasteiger partial charge on any atom is -0.355 e. The summed E-state index contributed by atoms with van der Waals surface area (Å²) in [4.78, 5) is 27.6. The average Bonchev–Trinajstić information content (AvgIpc) is 3.16. The van der Waals surface area contributed by atoms with Crippen LogP contribution in [-0.2, 0) is 9.59 Å². The van der Waals surface area contributed by atoms with Gasteiger partial charge in [0, 0.05) is 42.3 Å². The fourth-order valence-electron chi connectivity index (χ4n) is 2.60. The van der Waals surface area contributed by atoms with Gasteiger partial charge in [0.05, 0.1) is 12.2 Å². The molecule has 1 aromatic carbocycles. The molecule has 0 spiro atoms. The molecule has 0 radical (unpaired) electrons. The highest BCUT2D eigenvalue weighted by Gasteiger charge is 2.11. The van der Waals surface area contributed by atoms with Gasteiger partial charge in [0.2, 0.25) is 11.8 Å². The molecule has 0 atom stereocenters. The number of nitrogens with one attached hydrogen (secondary N) is 2. The number of likely N-dealkylation sites (N-methyl/N-ethyl adjacent to an activating group) is 1. The lowest BCUT2D eigenvalue weighted by Gasteiger charge is -2.02. The zero-order valence-electron chi connectivity index (χ0n) is 15.5. The second-order valence-corrected chi connectivity index (χ2v) is 5.96. The van der Waals surface area contributed by atoms with Crippen LogP contribution in [0.15, 0.2) is 67.1 Å². The van der Waals surface area contributed by atoms with E-state index in [-0.39, 0.29) is 18.4 Å². The molecular formula is C21H21N5O2. The van der Waals surface area contributed by atoms with Crippen LogP contribution in [0.4, 0.5) is 0 Å². The molecule has 2 aromatic heterocycles. The summed E-state index contributed by atoms with van der Waals surface area (Å²) in [5.74, 6) is -0.576. The molecule has 0 aliphatic rings. The summed E-state index contributed by atoms with van der Waals surface area (Å²) >= 11 is 0. The maximum absolute atomic E-state index is 12.0. The van der Waals surface area contributed by atoms with Crippen LogP contribution in [0.5, 0.6) is 0 Å². The first-order chi connectivity index (χ1) is 13.7. The van der Waals surface area contributed by atoms with E-state index in [2.05, 4.69) is 20.7 Å². The standard InChI is InChI=1S/C21H21N5O2/c1-2-23-20(28)14-24-19(27)11-10-17-15-26(18-8-4-3-5-9-18)25-21(17)16-7-6-12-22-13-16/h3-13,15H,2,14H2,1H3,(H,23,28)(H,24,27)/b11-10+. The Morgan fingerprint density at radius 3 is 2.64 bits per heavy atom. The highest BCUT2D eigenvalue weighted by Crippen LogP contribution is 2.24. The van der Waals surface area contributed by atoms with Gasteiger partial charge >= 0.3 is 0 Å². The first kappa shape index (κ1) is 19.0. The highest BCUT2D eigenvalue weighted by atomic mass is 16.2. The lowest BCUT2D eigenvalue weighted by atomic mass is 10.1. The summed E-state index contributed by atoms with van der Waals surface area (Å²) < 4.78 is 1.76. The van der Waals surface area contributed by atoms with Crippen LogP contribution in [0.3, 0.4) is 0 Å². The van der Waals surface area contributed by atoms with E-state index in [9.17, 15) is 9.59 Å². The van der Waals surface area contributed by atoms with Crippen molar-refractivity contribution in [1.29, 1.82) is 0 Å². The molecule has 0 unspecified atom stereocenters. The Balaban J connectivity index is 1.84. The third-order valence-corrected chi connectivity index (χ3v) is 3.91. The Hall–Kier alpha value is -3.74. The van der Waals surface area contributed by atoms with Gasteiger partial charge < -0.3 is 10.6 Å². The lowest BCUT2D eigenvalue weighted by molar-refractivity contribution is -0.123. The van der Waals surface area contributed by atoms with Crippen molar-refractivity contribution in [1.82, 2.24) is 25.4 Å². The van der Waals surface area contributed by atoms with E-state index >= 15 is 0 Å². The topological polar surface area (TPSA) is 88.9 Å². The molecule has 0 saturated heterocycles. The van der Waals surface area contributed by atoms with Crippen molar-refractivity contribution in [2.45, 2.75) is 6.92 Å². The fourth-order valence-corrected chi connectivity index (χ4v) is 2.60. The van der Waals surface area contributed by atoms with Crippen molar-refractivity contribution in [2.75, 3.05) is 13.1 Å². The van der Waals surface area contributed by atoms with E-state index in [1.165, 1.54) is 6.08 Å². The Bertz CT molecular complexity index is 965. The van der Waals surface area contributed by atoms with E-state index in [1.54, 1.807) is 23.2 Å². The summed E-state index contributed by atoms with van der Waals surface area (Å²) in [6.07, 6.45) is 8.35. The Labute approximate surface area is 163 Å². The SMILES string of the molecule is CCNC(=O)CNC(=O)/C=C/c1cn(-c2ccccc2)nc1-c1cccnc1. The van der Waals surface area contributed by atoms with Crippen LogP contribution in [0.2, 0.25) is 0 Å². The summed E-state index contributed by atoms with van der Waals surface area (Å²) in [6, 6.07) is 13.5. The molecule has 3 aromatic rings. The third kappa shape index (κ3) is 4.91. The predicted molar refractivity (Wildman–Crippen MR) is 108 cm³/mol. The number of aromatic nitrogens is 3. The Kier molecular flexibility index (Phi) is 6.30. The van der Waals surface area contributed by atoms with E-state index in [0.717, 1.165) is 16.8 Å². The number of para-hydroxylation sites is 1. The van der Waals surface area contributed by atoms with Crippen LogP contribution >= 0.6 is 0 Å². The van der Waals surface area contributed by atoms with Gasteiger partial charge in [-0.15, -0.1) is 0 Å². The molecule has 0 saturated carbocycles. The minimum absolute atomic E-state index is 0.0598. The van der Waals surface area contributed by atoms with E-state index in [4.69, 9.17) is 0 Å². The monoisotopic (exact) mass is 375 g/mol. The Morgan fingerprint density at radius 2 is 1.93 bits per heavy atom. The Morgan fingerprint density at radius 1 is 1.11 bits per heavy atom. The zero-order valence-corrected chi connectivity index (χ0v) is 15.5. The normalized spacial score (nSPS) is 10.8. The van der Waals surface area contributed by atoms with E-state index in [1.807, 2.05) is 55.6 Å². The molecule has 0 aliphatic carbocycles. The van der Waals surface area contributed by atoms with E-state index in [0.29, 0.717) is 12.2 Å². The summed E-state index contributed by atoms with van der Waals surface area (Å²) in [5, 5.41) is 9.84. The second kappa shape index (κ2) is 9.27. The molecule has 2 heterocycles. The van der Waals surface area contributed by atoms with Gasteiger partial charge in [-0.3, -0.25) is 14.6 Å². The van der Waals surface area contributed by atoms with Gasteiger partial charge in [0.25, 0.3) is 0 Å². The number of carbonyl (C=O) groups is 2. The van der Waals surface area contributed by atoms with Crippen LogP contribution in [0.1, 0.15) is 12.5 Å². The minimum atomic E-state index is -0.351. The third-order valence-electron chi connectivity index (χ3n) is 3.91. The molecule has 3 rings (SSSR count). The number of nitrogens with zero attached hydrogens (tertiary/aromatic N) is 3. The van der Waals surface area contributed by atoms with Gasteiger partial charge in [0.15, 0.2) is 0 Å². The molecule has 28 heavy (non-hydrogen) atoms. The summed E-state index contributed by atoms with van der Waals surface area (Å²) in [6.45, 7) is 2.29. The zero-order chi connectivity index (χ0) is 19.8. The van der Waals surface area contributed by atoms with Gasteiger partial charge in [-0.1, -0.05) is 18.2 Å². The van der Waals surface area contributed by atoms with Gasteiger partial charge in [-0.25, -0.2) is 4.68 Å². The number of benzene rings is 1. The van der Waals surface area contributed by atoms with Crippen LogP contribution < -0.4 is 10.6 Å². The number of hydrogen-bond acceptors (Lipinski definition) is 4. The van der Waals surface area contributed by atoms with Gasteiger partial charge in [0.1, 0.15) is 5.69 Å². The van der Waals surface area contributed by atoms with Crippen molar-refractivity contribution in [2.24, 2.45) is 0 Å². The molecule has 0 fully saturated rings. The summed E-state index contributed by atoms with van der Waals surface area (Å²) in [7, 11) is 0. The van der Waals surface area contributed by atoms with Crippen molar-refractivity contribution < 1.29 is 9.59 Å². The largest absolute Gasteiger partial charge is 0.355 e. The lowest BCUT2D eigenvalue weighted by Crippen LogP contribution is -2.35. The molecule has 142 valence electrons. The van der Waals surface area contributed by atoms with Gasteiger partial charge in [-0.05, 0) is 37.3 Å². The van der Waals surface area contributed by atoms with Crippen LogP contribution in [-0.4, -0.2) is 39.7 Å². The average molecular weight is 375 g/mol. The number of hydrogen-bond donors (Lipinski definition) is 2. The number of amides is 2. The second-order valence-electron chi connectivity index (χ2n) is 5.96. The molecular weight excluding hydrogens is 354 g/mol. The van der Waals surface area contributed by atoms with Crippen LogP contribution in [0.25, 0.3) is 23.0 Å². The smallest absolute Gasteiger partial charge is 0.244 e. The number of carbonyl (C=O) groups excluding carboxylic acids is 2. The number of pyridine rings is 1. The van der Waals surface area contributed by atoms with Crippen molar-refractivity contribution in [3.8, 4) is 16.9 Å². The highest BCUT2D eigenvalue weighted by molar-refractivity contribution is 5.95. The van der Waals surface area contributed by atoms with Crippen LogP contribution in [0, 0.1) is 0 Å². The van der Waals surface area contributed by atoms with Gasteiger partial charge in [-0.2, -0.15) is 5.10 Å². The summed E-state index contributed by atoms with van der Waals surface area (Å²) in [5.41, 5.74) is 3.24. The first-order valence-corrected chi connectivity index (χ1v) is 8.95. The maximum atomic E-state index is 12.0. The molecule has 2 amide bonds. The quantitative estimate of drug-likeness (QED) is 0.620. The predicted octanol–water partition coefficient (Wildman–Crippen LogP) is 2.20. The molecule has 2 N–H and O–H groups in total. The fraction of sp³-hybridized carbons (Fsp3) is 0.143. The first-order valence-electron chi connectivity index (χ1n) is 8.95. The number of rotatable bonds is 7. The maximum Gasteiger partial charge on any atom is 0.244 e. The molecule has 7 heteroatoms.